The van der Waals surface area contributed by atoms with E-state index in [-0.39, 0.29) is 0 Å². The van der Waals surface area contributed by atoms with E-state index >= 15 is 0 Å². The lowest BCUT2D eigenvalue weighted by molar-refractivity contribution is 0.0812. The number of benzene rings is 1. The molecule has 160 valence electrons. The monoisotopic (exact) mass is 401 g/mol. The summed E-state index contributed by atoms with van der Waals surface area (Å²) in [6.07, 6.45) is 4.25. The van der Waals surface area contributed by atoms with Crippen LogP contribution in [0.2, 0.25) is 0 Å². The molecule has 2 rings (SSSR count). The van der Waals surface area contributed by atoms with Gasteiger partial charge in [-0.3, -0.25) is 4.90 Å². The van der Waals surface area contributed by atoms with Crippen molar-refractivity contribution in [3.05, 3.63) is 29.8 Å². The van der Waals surface area contributed by atoms with Crippen molar-refractivity contribution in [1.29, 1.82) is 0 Å². The van der Waals surface area contributed by atoms with E-state index in [1.807, 2.05) is 36.0 Å². The zero-order valence-corrected chi connectivity index (χ0v) is 18.5. The molecule has 0 atom stereocenters. The predicted octanol–water partition coefficient (Wildman–Crippen LogP) is 4.27. The SMILES string of the molecule is CCCCOCN(COCCCC)c1nc(-c2cccc(C)c2)nc(N(C)C)n1. The van der Waals surface area contributed by atoms with Gasteiger partial charge in [0.05, 0.1) is 0 Å². The minimum absolute atomic E-state index is 0.385. The molecule has 0 saturated carbocycles. The number of rotatable bonds is 13. The lowest BCUT2D eigenvalue weighted by Gasteiger charge is -2.24. The molecule has 0 bridgehead atoms. The number of nitrogens with zero attached hydrogens (tertiary/aromatic N) is 5. The molecule has 0 amide bonds. The fourth-order valence-electron chi connectivity index (χ4n) is 2.60. The number of aromatic nitrogens is 3. The second-order valence-electron chi connectivity index (χ2n) is 7.34. The first-order valence-corrected chi connectivity index (χ1v) is 10.5. The topological polar surface area (TPSA) is 63.6 Å². The maximum atomic E-state index is 5.84. The lowest BCUT2D eigenvalue weighted by Crippen LogP contribution is -2.32. The summed E-state index contributed by atoms with van der Waals surface area (Å²) in [5.41, 5.74) is 2.13. The van der Waals surface area contributed by atoms with Crippen molar-refractivity contribution in [3.8, 4) is 11.4 Å². The van der Waals surface area contributed by atoms with Crippen molar-refractivity contribution in [1.82, 2.24) is 15.0 Å². The van der Waals surface area contributed by atoms with Crippen LogP contribution >= 0.6 is 0 Å². The average molecular weight is 402 g/mol. The minimum atomic E-state index is 0.385. The summed E-state index contributed by atoms with van der Waals surface area (Å²) in [6.45, 7) is 8.55. The quantitative estimate of drug-likeness (QED) is 0.367. The van der Waals surface area contributed by atoms with E-state index in [1.165, 1.54) is 5.56 Å². The largest absolute Gasteiger partial charge is 0.361 e. The van der Waals surface area contributed by atoms with E-state index < -0.39 is 0 Å². The molecule has 0 aliphatic rings. The van der Waals surface area contributed by atoms with Gasteiger partial charge in [-0.05, 0) is 25.8 Å². The molecule has 0 saturated heterocycles. The molecule has 0 aliphatic heterocycles. The molecule has 0 unspecified atom stereocenters. The number of aryl methyl sites for hydroxylation is 1. The van der Waals surface area contributed by atoms with Gasteiger partial charge in [0, 0.05) is 32.9 Å². The van der Waals surface area contributed by atoms with Crippen molar-refractivity contribution in [2.24, 2.45) is 0 Å². The molecule has 2 aromatic rings. The van der Waals surface area contributed by atoms with E-state index in [2.05, 4.69) is 42.9 Å². The van der Waals surface area contributed by atoms with Crippen molar-refractivity contribution >= 4 is 11.9 Å². The van der Waals surface area contributed by atoms with Gasteiger partial charge < -0.3 is 14.4 Å². The van der Waals surface area contributed by atoms with Gasteiger partial charge >= 0.3 is 0 Å². The van der Waals surface area contributed by atoms with Gasteiger partial charge in [0.15, 0.2) is 5.82 Å². The van der Waals surface area contributed by atoms with Gasteiger partial charge in [-0.2, -0.15) is 15.0 Å². The zero-order chi connectivity index (χ0) is 21.1. The van der Waals surface area contributed by atoms with E-state index in [0.717, 1.165) is 31.2 Å². The highest BCUT2D eigenvalue weighted by atomic mass is 16.5. The van der Waals surface area contributed by atoms with Crippen LogP contribution < -0.4 is 9.80 Å². The van der Waals surface area contributed by atoms with Gasteiger partial charge in [-0.25, -0.2) is 0 Å². The molecule has 0 N–H and O–H groups in total. The van der Waals surface area contributed by atoms with Crippen LogP contribution in [-0.4, -0.2) is 55.7 Å². The van der Waals surface area contributed by atoms with Gasteiger partial charge in [0.1, 0.15) is 13.5 Å². The Morgan fingerprint density at radius 3 is 2.03 bits per heavy atom. The van der Waals surface area contributed by atoms with Crippen LogP contribution in [0.5, 0.6) is 0 Å². The number of unbranched alkanes of at least 4 members (excludes halogenated alkanes) is 2. The third kappa shape index (κ3) is 7.59. The number of hydrogen-bond acceptors (Lipinski definition) is 7. The van der Waals surface area contributed by atoms with E-state index in [0.29, 0.717) is 44.4 Å². The maximum Gasteiger partial charge on any atom is 0.234 e. The second-order valence-corrected chi connectivity index (χ2v) is 7.34. The van der Waals surface area contributed by atoms with Crippen LogP contribution in [0.15, 0.2) is 24.3 Å². The normalized spacial score (nSPS) is 10.9. The minimum Gasteiger partial charge on any atom is -0.361 e. The molecule has 1 heterocycles. The van der Waals surface area contributed by atoms with Gasteiger partial charge in [-0.15, -0.1) is 0 Å². The second kappa shape index (κ2) is 12.3. The van der Waals surface area contributed by atoms with Crippen LogP contribution in [0.1, 0.15) is 45.1 Å². The molecule has 0 spiro atoms. The summed E-state index contributed by atoms with van der Waals surface area (Å²) in [5, 5.41) is 0. The molecular weight excluding hydrogens is 366 g/mol. The first-order chi connectivity index (χ1) is 14.0. The molecule has 1 aromatic carbocycles. The molecule has 0 radical (unpaired) electrons. The first-order valence-electron chi connectivity index (χ1n) is 10.5. The van der Waals surface area contributed by atoms with Crippen molar-refractivity contribution in [2.45, 2.75) is 46.5 Å². The summed E-state index contributed by atoms with van der Waals surface area (Å²) in [6, 6.07) is 8.18. The molecule has 1 aromatic heterocycles. The van der Waals surface area contributed by atoms with Gasteiger partial charge in [0.2, 0.25) is 11.9 Å². The van der Waals surface area contributed by atoms with Crippen LogP contribution in [0, 0.1) is 6.92 Å². The standard InChI is InChI=1S/C22H35N5O2/c1-6-8-13-28-16-27(17-29-14-9-7-2)22-24-20(23-21(25-22)26(4)5)19-12-10-11-18(3)15-19/h10-12,15H,6-9,13-14,16-17H2,1-5H3. The van der Waals surface area contributed by atoms with Crippen molar-refractivity contribution in [3.63, 3.8) is 0 Å². The molecule has 0 aliphatic carbocycles. The van der Waals surface area contributed by atoms with E-state index in [4.69, 9.17) is 14.5 Å². The maximum absolute atomic E-state index is 5.84. The van der Waals surface area contributed by atoms with Crippen molar-refractivity contribution in [2.75, 3.05) is 50.6 Å². The summed E-state index contributed by atoms with van der Waals surface area (Å²) in [5.74, 6) is 1.82. The van der Waals surface area contributed by atoms with Crippen LogP contribution in [0.25, 0.3) is 11.4 Å². The Morgan fingerprint density at radius 2 is 1.48 bits per heavy atom. The third-order valence-corrected chi connectivity index (χ3v) is 4.35. The third-order valence-electron chi connectivity index (χ3n) is 4.35. The van der Waals surface area contributed by atoms with Crippen molar-refractivity contribution < 1.29 is 9.47 Å². The Labute approximate surface area is 175 Å². The number of anilines is 2. The molecule has 7 nitrogen and oxygen atoms in total. The number of hydrogen-bond donors (Lipinski definition) is 0. The molecule has 0 fully saturated rings. The predicted molar refractivity (Wildman–Crippen MR) is 118 cm³/mol. The molecular formula is C22H35N5O2. The molecule has 7 heteroatoms. The van der Waals surface area contributed by atoms with E-state index in [1.54, 1.807) is 0 Å². The Morgan fingerprint density at radius 1 is 0.862 bits per heavy atom. The van der Waals surface area contributed by atoms with Crippen LogP contribution in [0.4, 0.5) is 11.9 Å². The average Bonchev–Trinajstić information content (AvgIpc) is 2.72. The molecule has 29 heavy (non-hydrogen) atoms. The Bertz CT molecular complexity index is 727. The summed E-state index contributed by atoms with van der Waals surface area (Å²) >= 11 is 0. The van der Waals surface area contributed by atoms with Crippen LogP contribution in [0.3, 0.4) is 0 Å². The van der Waals surface area contributed by atoms with E-state index in [9.17, 15) is 0 Å². The highest BCUT2D eigenvalue weighted by Gasteiger charge is 2.16. The highest BCUT2D eigenvalue weighted by Crippen LogP contribution is 2.21. The Kier molecular flexibility index (Phi) is 9.80. The van der Waals surface area contributed by atoms with Gasteiger partial charge in [-0.1, -0.05) is 50.5 Å². The van der Waals surface area contributed by atoms with Gasteiger partial charge in [0.25, 0.3) is 0 Å². The fraction of sp³-hybridized carbons (Fsp3) is 0.591. The van der Waals surface area contributed by atoms with Crippen LogP contribution in [-0.2, 0) is 9.47 Å². The summed E-state index contributed by atoms with van der Waals surface area (Å²) in [4.78, 5) is 17.8. The zero-order valence-electron chi connectivity index (χ0n) is 18.5. The Hall–Kier alpha value is -2.25. The highest BCUT2D eigenvalue weighted by molar-refractivity contribution is 5.59. The first kappa shape index (κ1) is 23.0. The summed E-state index contributed by atoms with van der Waals surface area (Å²) in [7, 11) is 3.86. The lowest BCUT2D eigenvalue weighted by atomic mass is 10.1. The fourth-order valence-corrected chi connectivity index (χ4v) is 2.60. The summed E-state index contributed by atoms with van der Waals surface area (Å²) < 4.78 is 11.7. The smallest absolute Gasteiger partial charge is 0.234 e. The number of ether oxygens (including phenoxy) is 2. The Balaban J connectivity index is 2.30.